The molecule has 3 aromatic heterocycles. The Morgan fingerprint density at radius 2 is 2.07 bits per heavy atom. The number of nitrogens with one attached hydrogen (secondary N) is 1. The number of hydrogen-bond donors (Lipinski definition) is 2. The van der Waals surface area contributed by atoms with Crippen LogP contribution in [0.5, 0.6) is 0 Å². The van der Waals surface area contributed by atoms with Crippen molar-refractivity contribution in [3.63, 3.8) is 0 Å². The second-order valence-corrected chi connectivity index (χ2v) is 7.66. The van der Waals surface area contributed by atoms with Gasteiger partial charge < -0.3 is 15.3 Å². The van der Waals surface area contributed by atoms with Crippen molar-refractivity contribution in [3.8, 4) is 0 Å². The summed E-state index contributed by atoms with van der Waals surface area (Å²) in [5, 5.41) is 17.3. The Hall–Kier alpha value is -3.07. The first-order chi connectivity index (χ1) is 13.5. The molecule has 1 aliphatic heterocycles. The third-order valence-electron chi connectivity index (χ3n) is 5.98. The van der Waals surface area contributed by atoms with E-state index in [9.17, 15) is 9.90 Å². The molecule has 1 amide bonds. The first-order valence-corrected chi connectivity index (χ1v) is 9.39. The summed E-state index contributed by atoms with van der Waals surface area (Å²) >= 11 is 0. The number of rotatable bonds is 2. The van der Waals surface area contributed by atoms with Crippen molar-refractivity contribution in [3.05, 3.63) is 36.0 Å². The number of amides is 1. The normalized spacial score (nSPS) is 24.2. The third-order valence-corrected chi connectivity index (χ3v) is 5.98. The lowest BCUT2D eigenvalue weighted by Gasteiger charge is -2.33. The quantitative estimate of drug-likeness (QED) is 0.698. The first kappa shape index (κ1) is 17.1. The number of aryl methyl sites for hydroxylation is 1. The Kier molecular flexibility index (Phi) is 3.63. The molecule has 9 heteroatoms. The Bertz CT molecular complexity index is 1090. The average Bonchev–Trinajstić information content (AvgIpc) is 3.21. The van der Waals surface area contributed by atoms with E-state index < -0.39 is 5.41 Å². The summed E-state index contributed by atoms with van der Waals surface area (Å²) in [5.74, 6) is 0.482. The molecule has 4 heterocycles. The lowest BCUT2D eigenvalue weighted by molar-refractivity contribution is -0.124. The molecule has 0 saturated heterocycles. The van der Waals surface area contributed by atoms with E-state index in [1.54, 1.807) is 22.7 Å². The summed E-state index contributed by atoms with van der Waals surface area (Å²) in [6.07, 6.45) is 7.12. The van der Waals surface area contributed by atoms with Crippen molar-refractivity contribution < 1.29 is 9.90 Å². The smallest absolute Gasteiger partial charge is 0.239 e. The standard InChI is InChI=1S/C19H21N7O2/c1-11-7-15-21-10-22-26(15)9-13(11)23-18-20-8-14-16(24-18)19(17(28)25(14)2)5-3-12(27)4-6-19/h7-10,12,27H,3-6H2,1-2H3,(H,20,23,24). The van der Waals surface area contributed by atoms with Crippen LogP contribution in [0.15, 0.2) is 24.8 Å². The Balaban J connectivity index is 1.54. The highest BCUT2D eigenvalue weighted by atomic mass is 16.3. The van der Waals surface area contributed by atoms with Crippen LogP contribution in [-0.2, 0) is 10.2 Å². The van der Waals surface area contributed by atoms with Crippen molar-refractivity contribution in [2.75, 3.05) is 17.3 Å². The maximum Gasteiger partial charge on any atom is 0.239 e. The highest BCUT2D eigenvalue weighted by molar-refractivity contribution is 6.07. The van der Waals surface area contributed by atoms with Gasteiger partial charge in [0.05, 0.1) is 41.0 Å². The molecule has 2 aliphatic rings. The zero-order valence-electron chi connectivity index (χ0n) is 15.8. The number of nitrogens with zero attached hydrogens (tertiary/aromatic N) is 6. The molecule has 1 aliphatic carbocycles. The van der Waals surface area contributed by atoms with Crippen molar-refractivity contribution in [2.45, 2.75) is 44.1 Å². The van der Waals surface area contributed by atoms with Crippen molar-refractivity contribution in [2.24, 2.45) is 0 Å². The lowest BCUT2D eigenvalue weighted by Crippen LogP contribution is -2.42. The Morgan fingerprint density at radius 3 is 2.86 bits per heavy atom. The Morgan fingerprint density at radius 1 is 1.29 bits per heavy atom. The molecule has 5 rings (SSSR count). The number of aliphatic hydroxyl groups excluding tert-OH is 1. The van der Waals surface area contributed by atoms with Gasteiger partial charge in [-0.3, -0.25) is 4.79 Å². The zero-order valence-corrected chi connectivity index (χ0v) is 15.8. The SMILES string of the molecule is Cc1cc2ncnn2cc1Nc1ncc2c(n1)C1(CCC(O)CC1)C(=O)N2C. The summed E-state index contributed by atoms with van der Waals surface area (Å²) in [7, 11) is 1.76. The van der Waals surface area contributed by atoms with E-state index in [0.29, 0.717) is 31.6 Å². The summed E-state index contributed by atoms with van der Waals surface area (Å²) in [5.41, 5.74) is 3.43. The molecule has 2 N–H and O–H groups in total. The van der Waals surface area contributed by atoms with Gasteiger partial charge in [0.2, 0.25) is 11.9 Å². The van der Waals surface area contributed by atoms with Gasteiger partial charge in [0, 0.05) is 7.05 Å². The van der Waals surface area contributed by atoms with E-state index in [1.165, 1.54) is 6.33 Å². The van der Waals surface area contributed by atoms with Gasteiger partial charge in [-0.05, 0) is 44.2 Å². The summed E-state index contributed by atoms with van der Waals surface area (Å²) < 4.78 is 1.68. The second kappa shape index (κ2) is 5.96. The van der Waals surface area contributed by atoms with Gasteiger partial charge in [-0.25, -0.2) is 19.5 Å². The number of aromatic nitrogens is 5. The molecule has 1 fully saturated rings. The zero-order chi connectivity index (χ0) is 19.5. The van der Waals surface area contributed by atoms with Gasteiger partial charge in [0.15, 0.2) is 5.65 Å². The number of aliphatic hydroxyl groups is 1. The Labute approximate surface area is 161 Å². The lowest BCUT2D eigenvalue weighted by atomic mass is 9.71. The predicted molar refractivity (Wildman–Crippen MR) is 103 cm³/mol. The first-order valence-electron chi connectivity index (χ1n) is 9.39. The van der Waals surface area contributed by atoms with Crippen LogP contribution >= 0.6 is 0 Å². The maximum atomic E-state index is 13.0. The summed E-state index contributed by atoms with van der Waals surface area (Å²) in [4.78, 5) is 28.0. The number of fused-ring (bicyclic) bond motifs is 3. The largest absolute Gasteiger partial charge is 0.393 e. The number of likely N-dealkylation sites (N-methyl/N-ethyl adjacent to an activating group) is 1. The minimum atomic E-state index is -0.659. The van der Waals surface area contributed by atoms with Crippen LogP contribution in [0.4, 0.5) is 17.3 Å². The van der Waals surface area contributed by atoms with Gasteiger partial charge in [0.1, 0.15) is 6.33 Å². The number of pyridine rings is 1. The molecule has 9 nitrogen and oxygen atoms in total. The van der Waals surface area contributed by atoms with Crippen LogP contribution in [0, 0.1) is 6.92 Å². The molecule has 1 spiro atoms. The molecule has 28 heavy (non-hydrogen) atoms. The van der Waals surface area contributed by atoms with Gasteiger partial charge in [0.25, 0.3) is 0 Å². The minimum Gasteiger partial charge on any atom is -0.393 e. The molecule has 0 radical (unpaired) electrons. The summed E-state index contributed by atoms with van der Waals surface area (Å²) in [6.45, 7) is 1.98. The fourth-order valence-corrected chi connectivity index (χ4v) is 4.32. The van der Waals surface area contributed by atoms with Gasteiger partial charge in [-0.1, -0.05) is 0 Å². The van der Waals surface area contributed by atoms with E-state index in [0.717, 1.165) is 28.3 Å². The molecular weight excluding hydrogens is 358 g/mol. The van der Waals surface area contributed by atoms with E-state index in [2.05, 4.69) is 20.4 Å². The molecule has 3 aromatic rings. The molecule has 0 bridgehead atoms. The van der Waals surface area contributed by atoms with Crippen LogP contribution in [0.25, 0.3) is 5.65 Å². The number of carbonyl (C=O) groups excluding carboxylic acids is 1. The van der Waals surface area contributed by atoms with Crippen LogP contribution in [0.3, 0.4) is 0 Å². The van der Waals surface area contributed by atoms with Crippen molar-refractivity contribution in [1.29, 1.82) is 0 Å². The van der Waals surface area contributed by atoms with E-state index in [1.807, 2.05) is 19.2 Å². The van der Waals surface area contributed by atoms with Gasteiger partial charge >= 0.3 is 0 Å². The fourth-order valence-electron chi connectivity index (χ4n) is 4.32. The maximum absolute atomic E-state index is 13.0. The summed E-state index contributed by atoms with van der Waals surface area (Å²) in [6, 6.07) is 1.93. The molecule has 0 atom stereocenters. The monoisotopic (exact) mass is 379 g/mol. The number of carbonyl (C=O) groups is 1. The van der Waals surface area contributed by atoms with E-state index in [-0.39, 0.29) is 12.0 Å². The molecular formula is C19H21N7O2. The molecule has 144 valence electrons. The third kappa shape index (κ3) is 2.39. The average molecular weight is 379 g/mol. The van der Waals surface area contributed by atoms with Gasteiger partial charge in [-0.15, -0.1) is 0 Å². The van der Waals surface area contributed by atoms with Crippen molar-refractivity contribution >= 4 is 28.9 Å². The molecule has 0 unspecified atom stereocenters. The molecule has 1 saturated carbocycles. The van der Waals surface area contributed by atoms with Crippen LogP contribution in [-0.4, -0.2) is 48.7 Å². The van der Waals surface area contributed by atoms with E-state index in [4.69, 9.17) is 4.98 Å². The van der Waals surface area contributed by atoms with Crippen molar-refractivity contribution in [1.82, 2.24) is 24.6 Å². The second-order valence-electron chi connectivity index (χ2n) is 7.66. The highest BCUT2D eigenvalue weighted by Crippen LogP contribution is 2.48. The molecule has 0 aromatic carbocycles. The predicted octanol–water partition coefficient (Wildman–Crippen LogP) is 1.72. The topological polar surface area (TPSA) is 109 Å². The highest BCUT2D eigenvalue weighted by Gasteiger charge is 2.52. The van der Waals surface area contributed by atoms with Crippen LogP contribution < -0.4 is 10.2 Å². The minimum absolute atomic E-state index is 0.0427. The van der Waals surface area contributed by atoms with Crippen LogP contribution in [0.1, 0.15) is 36.9 Å². The van der Waals surface area contributed by atoms with Crippen LogP contribution in [0.2, 0.25) is 0 Å². The number of anilines is 3. The number of hydrogen-bond acceptors (Lipinski definition) is 7. The fraction of sp³-hybridized carbons (Fsp3) is 0.421. The van der Waals surface area contributed by atoms with E-state index >= 15 is 0 Å². The van der Waals surface area contributed by atoms with Gasteiger partial charge in [-0.2, -0.15) is 5.10 Å².